The van der Waals surface area contributed by atoms with Gasteiger partial charge in [0.2, 0.25) is 5.88 Å². The van der Waals surface area contributed by atoms with Gasteiger partial charge in [-0.05, 0) is 36.7 Å². The first kappa shape index (κ1) is 17.7. The molecular formula is C21H25N4O2S+. The quantitative estimate of drug-likeness (QED) is 0.501. The van der Waals surface area contributed by atoms with Crippen LogP contribution < -0.4 is 10.9 Å². The highest BCUT2D eigenvalue weighted by Crippen LogP contribution is 2.36. The molecule has 0 amide bonds. The maximum absolute atomic E-state index is 12.9. The van der Waals surface area contributed by atoms with E-state index < -0.39 is 0 Å². The highest BCUT2D eigenvalue weighted by Gasteiger charge is 2.34. The molecule has 2 aromatic heterocycles. The van der Waals surface area contributed by atoms with E-state index >= 15 is 0 Å². The fourth-order valence-electron chi connectivity index (χ4n) is 5.04. The predicted molar refractivity (Wildman–Crippen MR) is 110 cm³/mol. The van der Waals surface area contributed by atoms with Crippen LogP contribution in [0.2, 0.25) is 0 Å². The number of nitrogens with zero attached hydrogens (tertiary/aromatic N) is 1. The molecule has 1 saturated carbocycles. The lowest BCUT2D eigenvalue weighted by molar-refractivity contribution is -0.690. The average Bonchev–Trinajstić information content (AvgIpc) is 3.08. The molecule has 0 unspecified atom stereocenters. The zero-order valence-electron chi connectivity index (χ0n) is 15.7. The second-order valence-corrected chi connectivity index (χ2v) is 8.36. The van der Waals surface area contributed by atoms with E-state index in [1.54, 1.807) is 4.57 Å². The Morgan fingerprint density at radius 2 is 1.93 bits per heavy atom. The van der Waals surface area contributed by atoms with Crippen molar-refractivity contribution in [2.24, 2.45) is 0 Å². The topological polar surface area (TPSA) is 90.4 Å². The largest absolute Gasteiger partial charge is 0.494 e. The second-order valence-electron chi connectivity index (χ2n) is 7.97. The molecule has 1 aromatic carbocycles. The number of nitrogens with one attached hydrogen (secondary N) is 2. The van der Waals surface area contributed by atoms with E-state index in [-0.39, 0.29) is 23.5 Å². The fraction of sp³-hybridized carbons (Fsp3) is 0.429. The van der Waals surface area contributed by atoms with Gasteiger partial charge >= 0.3 is 0 Å². The van der Waals surface area contributed by atoms with Gasteiger partial charge < -0.3 is 15.4 Å². The summed E-state index contributed by atoms with van der Waals surface area (Å²) in [6, 6.07) is 8.12. The van der Waals surface area contributed by atoms with Crippen molar-refractivity contribution in [2.75, 3.05) is 6.54 Å². The highest BCUT2D eigenvalue weighted by molar-refractivity contribution is 7.71. The van der Waals surface area contributed by atoms with Crippen molar-refractivity contribution >= 4 is 23.1 Å². The zero-order chi connectivity index (χ0) is 19.3. The van der Waals surface area contributed by atoms with Crippen LogP contribution in [-0.4, -0.2) is 26.2 Å². The zero-order valence-corrected chi connectivity index (χ0v) is 16.5. The van der Waals surface area contributed by atoms with Crippen LogP contribution in [0.15, 0.2) is 29.1 Å². The fourth-order valence-corrected chi connectivity index (χ4v) is 5.37. The molecule has 1 aliphatic heterocycles. The summed E-state index contributed by atoms with van der Waals surface area (Å²) in [4.78, 5) is 19.2. The third-order valence-electron chi connectivity index (χ3n) is 6.36. The van der Waals surface area contributed by atoms with Crippen molar-refractivity contribution in [3.63, 3.8) is 0 Å². The van der Waals surface area contributed by atoms with Gasteiger partial charge in [-0.2, -0.15) is 0 Å². The Morgan fingerprint density at radius 1 is 1.14 bits per heavy atom. The lowest BCUT2D eigenvalue weighted by atomic mass is 9.93. The predicted octanol–water partition coefficient (Wildman–Crippen LogP) is 2.81. The maximum Gasteiger partial charge on any atom is 0.265 e. The molecule has 2 aliphatic rings. The maximum atomic E-state index is 12.9. The van der Waals surface area contributed by atoms with Gasteiger partial charge in [-0.25, -0.2) is 0 Å². The first-order chi connectivity index (χ1) is 13.6. The third kappa shape index (κ3) is 2.72. The van der Waals surface area contributed by atoms with Gasteiger partial charge in [0.15, 0.2) is 10.8 Å². The lowest BCUT2D eigenvalue weighted by Crippen LogP contribution is -2.87. The van der Waals surface area contributed by atoms with Gasteiger partial charge in [-0.15, -0.1) is 0 Å². The monoisotopic (exact) mass is 397 g/mol. The van der Waals surface area contributed by atoms with Gasteiger partial charge in [0.1, 0.15) is 5.56 Å². The molecule has 3 aromatic rings. The molecule has 0 saturated heterocycles. The van der Waals surface area contributed by atoms with Crippen LogP contribution >= 0.6 is 12.2 Å². The van der Waals surface area contributed by atoms with Crippen LogP contribution in [0, 0.1) is 4.77 Å². The summed E-state index contributed by atoms with van der Waals surface area (Å²) < 4.78 is 2.11. The Hall–Kier alpha value is -2.38. The number of aromatic hydroxyl groups is 1. The number of benzene rings is 1. The van der Waals surface area contributed by atoms with Crippen molar-refractivity contribution < 1.29 is 10.4 Å². The molecule has 0 radical (unpaired) electrons. The normalized spacial score (nSPS) is 20.4. The number of para-hydroxylation sites is 1. The van der Waals surface area contributed by atoms with E-state index in [0.717, 1.165) is 49.9 Å². The Morgan fingerprint density at radius 3 is 2.75 bits per heavy atom. The molecule has 3 heterocycles. The number of hydrogen-bond donors (Lipinski definition) is 4. The van der Waals surface area contributed by atoms with Crippen molar-refractivity contribution in [2.45, 2.75) is 50.6 Å². The minimum absolute atomic E-state index is 0.0356. The van der Waals surface area contributed by atoms with E-state index in [2.05, 4.69) is 27.4 Å². The molecule has 0 spiro atoms. The van der Waals surface area contributed by atoms with Crippen LogP contribution in [0.1, 0.15) is 61.0 Å². The van der Waals surface area contributed by atoms with E-state index in [4.69, 9.17) is 12.2 Å². The Kier molecular flexibility index (Phi) is 4.36. The molecule has 1 atom stereocenters. The summed E-state index contributed by atoms with van der Waals surface area (Å²) in [6.07, 6.45) is 6.38. The van der Waals surface area contributed by atoms with Crippen LogP contribution in [0.25, 0.3) is 10.9 Å². The Bertz CT molecular complexity index is 1150. The standard InChI is InChI=1S/C21H24N4O2S/c26-19-16(20(27)25(21(28)24-19)12-6-2-1-3-7-12)18-17-14(10-11-22-18)13-8-4-5-9-15(13)23-17/h4-5,8-9,12,18,22-23,27H,1-3,6-7,10-11H2,(H,24,26,28)/p+1/t18-/m0/s1. The Balaban J connectivity index is 1.69. The molecule has 0 bridgehead atoms. The van der Waals surface area contributed by atoms with Gasteiger partial charge in [0, 0.05) is 23.4 Å². The number of rotatable bonds is 2. The second kappa shape index (κ2) is 6.90. The number of H-pyrrole nitrogens is 2. The van der Waals surface area contributed by atoms with E-state index in [9.17, 15) is 9.90 Å². The summed E-state index contributed by atoms with van der Waals surface area (Å²) in [5.41, 5.74) is 3.45. The number of hydrogen-bond acceptors (Lipinski definition) is 3. The van der Waals surface area contributed by atoms with Gasteiger partial charge in [0.25, 0.3) is 5.56 Å². The van der Waals surface area contributed by atoms with Crippen molar-refractivity contribution in [1.82, 2.24) is 14.5 Å². The van der Waals surface area contributed by atoms with Gasteiger partial charge in [-0.1, -0.05) is 37.5 Å². The molecular weight excluding hydrogens is 372 g/mol. The summed E-state index contributed by atoms with van der Waals surface area (Å²) >= 11 is 5.43. The van der Waals surface area contributed by atoms with E-state index in [1.807, 2.05) is 12.1 Å². The molecule has 6 nitrogen and oxygen atoms in total. The Labute approximate surface area is 167 Å². The van der Waals surface area contributed by atoms with Gasteiger partial charge in [0.05, 0.1) is 12.2 Å². The highest BCUT2D eigenvalue weighted by atomic mass is 32.1. The van der Waals surface area contributed by atoms with Crippen LogP contribution in [0.5, 0.6) is 5.88 Å². The molecule has 5 N–H and O–H groups in total. The number of nitrogens with two attached hydrogens (primary N) is 1. The minimum Gasteiger partial charge on any atom is -0.494 e. The lowest BCUT2D eigenvalue weighted by Gasteiger charge is -2.28. The number of aromatic nitrogens is 3. The van der Waals surface area contributed by atoms with Crippen LogP contribution in [0.3, 0.4) is 0 Å². The summed E-state index contributed by atoms with van der Waals surface area (Å²) in [7, 11) is 0. The molecule has 28 heavy (non-hydrogen) atoms. The van der Waals surface area contributed by atoms with Crippen LogP contribution in [0.4, 0.5) is 0 Å². The smallest absolute Gasteiger partial charge is 0.265 e. The van der Waals surface area contributed by atoms with Crippen LogP contribution in [-0.2, 0) is 6.42 Å². The van der Waals surface area contributed by atoms with Crippen molar-refractivity contribution in [3.05, 3.63) is 56.2 Å². The molecule has 1 fully saturated rings. The number of quaternary nitrogens is 1. The SMILES string of the molecule is O=c1[nH]c(=S)n(C2CCCCC2)c(O)c1[C@@H]1[NH2+]CCc2c1[nH]c1ccccc21. The summed E-state index contributed by atoms with van der Waals surface area (Å²) in [5, 5.41) is 14.5. The number of fused-ring (bicyclic) bond motifs is 3. The summed E-state index contributed by atoms with van der Waals surface area (Å²) in [5.74, 6) is 0.0356. The van der Waals surface area contributed by atoms with Crippen molar-refractivity contribution in [1.29, 1.82) is 0 Å². The molecule has 5 rings (SSSR count). The first-order valence-electron chi connectivity index (χ1n) is 10.2. The van der Waals surface area contributed by atoms with E-state index in [1.165, 1.54) is 17.4 Å². The minimum atomic E-state index is -0.290. The number of aromatic amines is 2. The first-order valence-corrected chi connectivity index (χ1v) is 10.6. The van der Waals surface area contributed by atoms with Gasteiger partial charge in [-0.3, -0.25) is 14.3 Å². The average molecular weight is 398 g/mol. The van der Waals surface area contributed by atoms with E-state index in [0.29, 0.717) is 10.3 Å². The molecule has 7 heteroatoms. The molecule has 146 valence electrons. The summed E-state index contributed by atoms with van der Waals surface area (Å²) in [6.45, 7) is 0.872. The third-order valence-corrected chi connectivity index (χ3v) is 6.66. The molecule has 1 aliphatic carbocycles. The van der Waals surface area contributed by atoms with Crippen molar-refractivity contribution in [3.8, 4) is 5.88 Å².